The van der Waals surface area contributed by atoms with Gasteiger partial charge >= 0.3 is 0 Å². The van der Waals surface area contributed by atoms with Crippen molar-refractivity contribution in [3.63, 3.8) is 0 Å². The number of carbonyl (C=O) groups excluding carboxylic acids is 1. The Morgan fingerprint density at radius 2 is 2.08 bits per heavy atom. The molecule has 6 nitrogen and oxygen atoms in total. The molecule has 26 heavy (non-hydrogen) atoms. The zero-order chi connectivity index (χ0) is 18.5. The van der Waals surface area contributed by atoms with Gasteiger partial charge in [-0.15, -0.1) is 21.5 Å². The van der Waals surface area contributed by atoms with E-state index in [0.717, 1.165) is 27.3 Å². The molecule has 0 radical (unpaired) electrons. The number of amides is 1. The molecule has 0 aliphatic heterocycles. The summed E-state index contributed by atoms with van der Waals surface area (Å²) in [7, 11) is 0. The van der Waals surface area contributed by atoms with Crippen molar-refractivity contribution in [1.82, 2.24) is 15.2 Å². The molecule has 136 valence electrons. The fraction of sp³-hybridized carbons (Fsp3) is 0.294. The van der Waals surface area contributed by atoms with Crippen molar-refractivity contribution in [2.24, 2.45) is 0 Å². The van der Waals surface area contributed by atoms with E-state index in [1.54, 1.807) is 0 Å². The number of nitrogens with zero attached hydrogens (tertiary/aromatic N) is 3. The Morgan fingerprint density at radius 1 is 1.23 bits per heavy atom. The van der Waals surface area contributed by atoms with E-state index >= 15 is 0 Å². The maximum Gasteiger partial charge on any atom is 0.236 e. The molecule has 2 N–H and O–H groups in total. The summed E-state index contributed by atoms with van der Waals surface area (Å²) in [5.41, 5.74) is 4.40. The van der Waals surface area contributed by atoms with Crippen LogP contribution in [0.4, 0.5) is 16.0 Å². The molecule has 2 aromatic heterocycles. The fourth-order valence-electron chi connectivity index (χ4n) is 2.32. The highest BCUT2D eigenvalue weighted by atomic mass is 32.2. The topological polar surface area (TPSA) is 79.8 Å². The van der Waals surface area contributed by atoms with E-state index in [2.05, 4.69) is 57.9 Å². The highest BCUT2D eigenvalue weighted by Gasteiger charge is 2.11. The molecule has 0 saturated carbocycles. The number of aryl methyl sites for hydroxylation is 3. The van der Waals surface area contributed by atoms with E-state index in [0.29, 0.717) is 5.13 Å². The summed E-state index contributed by atoms with van der Waals surface area (Å²) in [5, 5.41) is 17.8. The Bertz CT molecular complexity index is 905. The summed E-state index contributed by atoms with van der Waals surface area (Å²) in [6.07, 6.45) is 0.945. The molecule has 1 aromatic carbocycles. The van der Waals surface area contributed by atoms with Crippen LogP contribution < -0.4 is 10.6 Å². The molecule has 0 aliphatic carbocycles. The third-order valence-corrected chi connectivity index (χ3v) is 6.42. The van der Waals surface area contributed by atoms with Crippen LogP contribution in [0.3, 0.4) is 0 Å². The highest BCUT2D eigenvalue weighted by molar-refractivity contribution is 8.01. The SMILES string of the molecule is CCc1cccc(C)c1Nc1nnc(SCC(=O)Nc2nc(C)cs2)s1. The largest absolute Gasteiger partial charge is 0.330 e. The van der Waals surface area contributed by atoms with Crippen LogP contribution in [0.2, 0.25) is 0 Å². The minimum Gasteiger partial charge on any atom is -0.330 e. The number of thiazole rings is 1. The molecule has 2 heterocycles. The lowest BCUT2D eigenvalue weighted by atomic mass is 10.1. The summed E-state index contributed by atoms with van der Waals surface area (Å²) in [6, 6.07) is 6.24. The molecular formula is C17H19N5OS3. The number of hydrogen-bond acceptors (Lipinski definition) is 8. The molecule has 3 aromatic rings. The fourth-order valence-corrected chi connectivity index (χ4v) is 4.58. The Hall–Kier alpha value is -1.97. The first-order chi connectivity index (χ1) is 12.5. The van der Waals surface area contributed by atoms with Gasteiger partial charge in [0.1, 0.15) is 0 Å². The second kappa shape index (κ2) is 8.61. The van der Waals surface area contributed by atoms with Crippen LogP contribution in [0.15, 0.2) is 27.9 Å². The molecule has 1 amide bonds. The van der Waals surface area contributed by atoms with Gasteiger partial charge in [-0.3, -0.25) is 4.79 Å². The minimum atomic E-state index is -0.0961. The standard InChI is InChI=1S/C17H19N5OS3/c1-4-12-7-5-6-10(2)14(12)20-16-21-22-17(26-16)25-9-13(23)19-15-18-11(3)8-24-15/h5-8H,4,9H2,1-3H3,(H,20,21)(H,18,19,23). The van der Waals surface area contributed by atoms with Crippen molar-refractivity contribution in [2.75, 3.05) is 16.4 Å². The van der Waals surface area contributed by atoms with Crippen LogP contribution in [0, 0.1) is 13.8 Å². The van der Waals surface area contributed by atoms with Crippen molar-refractivity contribution in [3.05, 3.63) is 40.4 Å². The second-order valence-electron chi connectivity index (χ2n) is 5.59. The third kappa shape index (κ3) is 4.80. The van der Waals surface area contributed by atoms with Gasteiger partial charge in [-0.25, -0.2) is 4.98 Å². The lowest BCUT2D eigenvalue weighted by Gasteiger charge is -2.11. The molecule has 0 fully saturated rings. The average Bonchev–Trinajstić information content (AvgIpc) is 3.23. The highest BCUT2D eigenvalue weighted by Crippen LogP contribution is 2.30. The van der Waals surface area contributed by atoms with E-state index in [1.165, 1.54) is 45.6 Å². The van der Waals surface area contributed by atoms with Crippen LogP contribution in [-0.2, 0) is 11.2 Å². The van der Waals surface area contributed by atoms with Gasteiger partial charge in [0.25, 0.3) is 0 Å². The van der Waals surface area contributed by atoms with Gasteiger partial charge in [-0.05, 0) is 31.4 Å². The minimum absolute atomic E-state index is 0.0961. The zero-order valence-electron chi connectivity index (χ0n) is 14.7. The number of benzene rings is 1. The van der Waals surface area contributed by atoms with Crippen molar-refractivity contribution in [2.45, 2.75) is 31.5 Å². The van der Waals surface area contributed by atoms with Gasteiger partial charge in [0, 0.05) is 11.1 Å². The Balaban J connectivity index is 1.57. The van der Waals surface area contributed by atoms with Crippen LogP contribution in [0.5, 0.6) is 0 Å². The molecular weight excluding hydrogens is 386 g/mol. The smallest absolute Gasteiger partial charge is 0.236 e. The summed E-state index contributed by atoms with van der Waals surface area (Å²) in [5.74, 6) is 0.180. The van der Waals surface area contributed by atoms with Gasteiger partial charge in [-0.2, -0.15) is 0 Å². The number of nitrogens with one attached hydrogen (secondary N) is 2. The van der Waals surface area contributed by atoms with Crippen LogP contribution in [0.25, 0.3) is 0 Å². The van der Waals surface area contributed by atoms with Crippen molar-refractivity contribution in [1.29, 1.82) is 0 Å². The number of aromatic nitrogens is 3. The monoisotopic (exact) mass is 405 g/mol. The molecule has 0 saturated heterocycles. The molecule has 0 spiro atoms. The first-order valence-electron chi connectivity index (χ1n) is 8.09. The van der Waals surface area contributed by atoms with Crippen molar-refractivity contribution in [3.8, 4) is 0 Å². The van der Waals surface area contributed by atoms with E-state index in [1.807, 2.05) is 12.3 Å². The number of para-hydroxylation sites is 1. The van der Waals surface area contributed by atoms with Crippen molar-refractivity contribution >= 4 is 56.3 Å². The number of hydrogen-bond donors (Lipinski definition) is 2. The molecule has 0 atom stereocenters. The van der Waals surface area contributed by atoms with Crippen LogP contribution >= 0.6 is 34.4 Å². The normalized spacial score (nSPS) is 10.7. The molecule has 9 heteroatoms. The maximum absolute atomic E-state index is 12.0. The number of rotatable bonds is 7. The van der Waals surface area contributed by atoms with E-state index in [9.17, 15) is 4.79 Å². The Kier molecular flexibility index (Phi) is 6.23. The predicted octanol–water partition coefficient (Wildman–Crippen LogP) is 4.65. The number of carbonyl (C=O) groups is 1. The predicted molar refractivity (Wildman–Crippen MR) is 110 cm³/mol. The zero-order valence-corrected chi connectivity index (χ0v) is 17.1. The summed E-state index contributed by atoms with van der Waals surface area (Å²) in [6.45, 7) is 6.10. The molecule has 0 bridgehead atoms. The van der Waals surface area contributed by atoms with Crippen LogP contribution in [-0.4, -0.2) is 26.8 Å². The van der Waals surface area contributed by atoms with Gasteiger partial charge in [0.2, 0.25) is 11.0 Å². The lowest BCUT2D eigenvalue weighted by molar-refractivity contribution is -0.113. The van der Waals surface area contributed by atoms with E-state index in [-0.39, 0.29) is 11.7 Å². The first kappa shape index (κ1) is 18.8. The third-order valence-electron chi connectivity index (χ3n) is 3.57. The maximum atomic E-state index is 12.0. The second-order valence-corrected chi connectivity index (χ2v) is 8.65. The Labute approximate surface area is 164 Å². The summed E-state index contributed by atoms with van der Waals surface area (Å²) in [4.78, 5) is 16.2. The number of anilines is 3. The molecule has 0 aliphatic rings. The summed E-state index contributed by atoms with van der Waals surface area (Å²) >= 11 is 4.24. The van der Waals surface area contributed by atoms with Gasteiger partial charge in [0.15, 0.2) is 9.47 Å². The van der Waals surface area contributed by atoms with Gasteiger partial charge in [0.05, 0.1) is 11.4 Å². The number of thioether (sulfide) groups is 1. The Morgan fingerprint density at radius 3 is 2.81 bits per heavy atom. The quantitative estimate of drug-likeness (QED) is 0.557. The first-order valence-corrected chi connectivity index (χ1v) is 10.8. The lowest BCUT2D eigenvalue weighted by Crippen LogP contribution is -2.13. The average molecular weight is 406 g/mol. The van der Waals surface area contributed by atoms with E-state index < -0.39 is 0 Å². The van der Waals surface area contributed by atoms with Gasteiger partial charge in [-0.1, -0.05) is 48.2 Å². The summed E-state index contributed by atoms with van der Waals surface area (Å²) < 4.78 is 0.754. The molecule has 3 rings (SSSR count). The van der Waals surface area contributed by atoms with E-state index in [4.69, 9.17) is 0 Å². The molecule has 0 unspecified atom stereocenters. The van der Waals surface area contributed by atoms with Gasteiger partial charge < -0.3 is 10.6 Å². The van der Waals surface area contributed by atoms with Crippen LogP contribution in [0.1, 0.15) is 23.7 Å². The van der Waals surface area contributed by atoms with Crippen molar-refractivity contribution < 1.29 is 4.79 Å².